The summed E-state index contributed by atoms with van der Waals surface area (Å²) in [5, 5.41) is 20.6. The number of nitrogens with zero attached hydrogens (tertiary/aromatic N) is 2. The van der Waals surface area contributed by atoms with E-state index in [4.69, 9.17) is 0 Å². The molecule has 0 aromatic rings. The highest BCUT2D eigenvalue weighted by molar-refractivity contribution is 5.22. The smallest absolute Gasteiger partial charge is 0.0721 e. The molecule has 0 unspecified atom stereocenters. The predicted molar refractivity (Wildman–Crippen MR) is 114 cm³/mol. The van der Waals surface area contributed by atoms with Gasteiger partial charge in [-0.25, -0.2) is 0 Å². The van der Waals surface area contributed by atoms with E-state index in [9.17, 15) is 10.2 Å². The van der Waals surface area contributed by atoms with Crippen molar-refractivity contribution < 1.29 is 10.2 Å². The van der Waals surface area contributed by atoms with E-state index in [2.05, 4.69) is 50.0 Å². The number of rotatable bonds is 12. The molecule has 1 fully saturated rings. The van der Waals surface area contributed by atoms with Crippen molar-refractivity contribution in [2.45, 2.75) is 64.1 Å². The molecule has 156 valence electrons. The molecule has 0 aliphatic heterocycles. The highest BCUT2D eigenvalue weighted by Gasteiger charge is 2.43. The first-order chi connectivity index (χ1) is 12.9. The van der Waals surface area contributed by atoms with Gasteiger partial charge in [0.2, 0.25) is 0 Å². The molecule has 2 N–H and O–H groups in total. The van der Waals surface area contributed by atoms with E-state index in [0.29, 0.717) is 11.8 Å². The van der Waals surface area contributed by atoms with Crippen LogP contribution in [0.1, 0.15) is 51.9 Å². The Hall–Kier alpha value is -0.680. The van der Waals surface area contributed by atoms with E-state index >= 15 is 0 Å². The van der Waals surface area contributed by atoms with Gasteiger partial charge in [-0.2, -0.15) is 0 Å². The summed E-state index contributed by atoms with van der Waals surface area (Å²) in [5.41, 5.74) is 1.53. The van der Waals surface area contributed by atoms with E-state index in [1.807, 2.05) is 6.08 Å². The van der Waals surface area contributed by atoms with Crippen LogP contribution < -0.4 is 0 Å². The fraction of sp³-hybridized carbons (Fsp3) is 0.826. The van der Waals surface area contributed by atoms with Crippen molar-refractivity contribution >= 4 is 0 Å². The molecule has 0 saturated heterocycles. The molecule has 0 aromatic carbocycles. The van der Waals surface area contributed by atoms with Crippen LogP contribution in [0.2, 0.25) is 0 Å². The number of likely N-dealkylation sites (N-methyl/N-ethyl adjacent to an activating group) is 1. The zero-order valence-corrected chi connectivity index (χ0v) is 18.0. The Bertz CT molecular complexity index is 489. The number of unbranched alkanes of at least 4 members (excludes halogenated alkanes) is 2. The van der Waals surface area contributed by atoms with Gasteiger partial charge in [0, 0.05) is 12.5 Å². The van der Waals surface area contributed by atoms with Gasteiger partial charge in [-0.3, -0.25) is 0 Å². The lowest BCUT2D eigenvalue weighted by atomic mass is 9.89. The van der Waals surface area contributed by atoms with Crippen LogP contribution in [0.15, 0.2) is 23.8 Å². The van der Waals surface area contributed by atoms with Crippen molar-refractivity contribution in [1.82, 2.24) is 9.80 Å². The second kappa shape index (κ2) is 11.4. The molecule has 0 spiro atoms. The Morgan fingerprint density at radius 1 is 1.19 bits per heavy atom. The largest absolute Gasteiger partial charge is 0.392 e. The molecule has 2 aliphatic carbocycles. The summed E-state index contributed by atoms with van der Waals surface area (Å²) in [7, 11) is 6.46. The lowest BCUT2D eigenvalue weighted by Crippen LogP contribution is -2.26. The molecule has 0 heterocycles. The van der Waals surface area contributed by atoms with Crippen LogP contribution in [-0.2, 0) is 0 Å². The number of aliphatic hydroxyl groups is 2. The number of fused-ring (bicyclic) bond motifs is 1. The lowest BCUT2D eigenvalue weighted by molar-refractivity contribution is 0.139. The van der Waals surface area contributed by atoms with Crippen molar-refractivity contribution in [2.24, 2.45) is 17.8 Å². The van der Waals surface area contributed by atoms with E-state index in [1.54, 1.807) is 0 Å². The SMILES string of the molecule is CCCCC[C@H](O)/C=C/[C@@H]1[C@H]2CC(CN(C)CCCN(C)C)=C[C@H]2C[C@H]1O. The van der Waals surface area contributed by atoms with Crippen LogP contribution >= 0.6 is 0 Å². The van der Waals surface area contributed by atoms with Crippen LogP contribution in [0.5, 0.6) is 0 Å². The third-order valence-corrected chi connectivity index (χ3v) is 6.23. The highest BCUT2D eigenvalue weighted by Crippen LogP contribution is 2.47. The summed E-state index contributed by atoms with van der Waals surface area (Å²) in [6.07, 6.45) is 13.3. The van der Waals surface area contributed by atoms with Crippen LogP contribution in [0, 0.1) is 17.8 Å². The van der Waals surface area contributed by atoms with Gasteiger partial charge in [-0.1, -0.05) is 50.0 Å². The summed E-state index contributed by atoms with van der Waals surface area (Å²) >= 11 is 0. The number of hydrogen-bond acceptors (Lipinski definition) is 4. The van der Waals surface area contributed by atoms with Crippen LogP contribution in [0.4, 0.5) is 0 Å². The topological polar surface area (TPSA) is 46.9 Å². The summed E-state index contributed by atoms with van der Waals surface area (Å²) in [6, 6.07) is 0. The van der Waals surface area contributed by atoms with Crippen molar-refractivity contribution in [3.8, 4) is 0 Å². The first-order valence-corrected chi connectivity index (χ1v) is 11.0. The van der Waals surface area contributed by atoms with E-state index in [0.717, 1.165) is 45.3 Å². The minimum atomic E-state index is -0.362. The Morgan fingerprint density at radius 3 is 2.67 bits per heavy atom. The van der Waals surface area contributed by atoms with Crippen LogP contribution in [-0.4, -0.2) is 73.0 Å². The van der Waals surface area contributed by atoms with Crippen molar-refractivity contribution in [3.05, 3.63) is 23.8 Å². The number of hydrogen-bond donors (Lipinski definition) is 2. The molecule has 0 radical (unpaired) electrons. The average molecular weight is 379 g/mol. The van der Waals surface area contributed by atoms with Gasteiger partial charge in [0.25, 0.3) is 0 Å². The number of allylic oxidation sites excluding steroid dienone is 1. The van der Waals surface area contributed by atoms with Crippen LogP contribution in [0.3, 0.4) is 0 Å². The summed E-state index contributed by atoms with van der Waals surface area (Å²) in [5.74, 6) is 1.23. The van der Waals surface area contributed by atoms with Gasteiger partial charge in [0.15, 0.2) is 0 Å². The van der Waals surface area contributed by atoms with Gasteiger partial charge in [0.05, 0.1) is 12.2 Å². The third kappa shape index (κ3) is 7.34. The summed E-state index contributed by atoms with van der Waals surface area (Å²) in [6.45, 7) is 5.49. The van der Waals surface area contributed by atoms with Gasteiger partial charge in [-0.05, 0) is 71.8 Å². The molecule has 2 rings (SSSR count). The molecular formula is C23H42N2O2. The summed E-state index contributed by atoms with van der Waals surface area (Å²) < 4.78 is 0. The quantitative estimate of drug-likeness (QED) is 0.404. The first kappa shape index (κ1) is 22.6. The van der Waals surface area contributed by atoms with Crippen molar-refractivity contribution in [1.29, 1.82) is 0 Å². The Balaban J connectivity index is 1.79. The minimum absolute atomic E-state index is 0.198. The molecule has 27 heavy (non-hydrogen) atoms. The monoisotopic (exact) mass is 378 g/mol. The minimum Gasteiger partial charge on any atom is -0.392 e. The van der Waals surface area contributed by atoms with E-state index in [1.165, 1.54) is 24.8 Å². The lowest BCUT2D eigenvalue weighted by Gasteiger charge is -2.21. The predicted octanol–water partition coefficient (Wildman–Crippen LogP) is 3.31. The maximum atomic E-state index is 10.5. The van der Waals surface area contributed by atoms with Gasteiger partial charge < -0.3 is 20.0 Å². The highest BCUT2D eigenvalue weighted by atomic mass is 16.3. The van der Waals surface area contributed by atoms with E-state index in [-0.39, 0.29) is 18.1 Å². The molecule has 2 aliphatic rings. The maximum absolute atomic E-state index is 10.5. The zero-order valence-electron chi connectivity index (χ0n) is 18.0. The maximum Gasteiger partial charge on any atom is 0.0721 e. The number of aliphatic hydroxyl groups excluding tert-OH is 2. The summed E-state index contributed by atoms with van der Waals surface area (Å²) in [4.78, 5) is 4.66. The second-order valence-electron chi connectivity index (χ2n) is 9.08. The molecule has 5 atom stereocenters. The Labute approximate surface area is 166 Å². The van der Waals surface area contributed by atoms with Crippen LogP contribution in [0.25, 0.3) is 0 Å². The zero-order chi connectivity index (χ0) is 19.8. The molecule has 0 amide bonds. The Morgan fingerprint density at radius 2 is 1.96 bits per heavy atom. The molecule has 4 nitrogen and oxygen atoms in total. The molecule has 0 aromatic heterocycles. The Kier molecular flexibility index (Phi) is 9.51. The first-order valence-electron chi connectivity index (χ1n) is 11.0. The normalized spacial score (nSPS) is 29.1. The van der Waals surface area contributed by atoms with Gasteiger partial charge >= 0.3 is 0 Å². The fourth-order valence-electron chi connectivity index (χ4n) is 4.76. The standard InChI is InChI=1S/C23H42N2O2/c1-5-6-7-9-20(26)10-11-21-22-15-18(14-19(22)16-23(21)27)17-25(4)13-8-12-24(2)3/h10-11,14,19-23,26-27H,5-9,12-13,15-17H2,1-4H3/b11-10+/t19-,20-,21+,22-,23+/m0/s1. The molecule has 0 bridgehead atoms. The third-order valence-electron chi connectivity index (χ3n) is 6.23. The van der Waals surface area contributed by atoms with Crippen molar-refractivity contribution in [3.63, 3.8) is 0 Å². The second-order valence-corrected chi connectivity index (χ2v) is 9.08. The average Bonchev–Trinajstić information content (AvgIpc) is 3.09. The molecule has 4 heteroatoms. The van der Waals surface area contributed by atoms with Gasteiger partial charge in [0.1, 0.15) is 0 Å². The van der Waals surface area contributed by atoms with Gasteiger partial charge in [-0.15, -0.1) is 0 Å². The molecular weight excluding hydrogens is 336 g/mol. The van der Waals surface area contributed by atoms with Crippen molar-refractivity contribution in [2.75, 3.05) is 40.8 Å². The van der Waals surface area contributed by atoms with E-state index < -0.39 is 0 Å². The fourth-order valence-corrected chi connectivity index (χ4v) is 4.76. The molecule has 1 saturated carbocycles.